The molecule has 3 aromatic carbocycles. The molecule has 0 aromatic heterocycles. The number of nitrogens with zero attached hydrogens (tertiary/aromatic N) is 2. The van der Waals surface area contributed by atoms with Crippen molar-refractivity contribution in [1.82, 2.24) is 4.90 Å². The van der Waals surface area contributed by atoms with Gasteiger partial charge in [-0.3, -0.25) is 4.79 Å². The molecule has 1 amide bonds. The second-order valence-electron chi connectivity index (χ2n) is 7.70. The molecular weight excluding hydrogens is 356 g/mol. The number of carbonyl (C=O) groups is 1. The zero-order valence-electron chi connectivity index (χ0n) is 17.0. The third-order valence-corrected chi connectivity index (χ3v) is 5.26. The van der Waals surface area contributed by atoms with Gasteiger partial charge in [0.1, 0.15) is 0 Å². The summed E-state index contributed by atoms with van der Waals surface area (Å²) in [6.45, 7) is 1.65. The summed E-state index contributed by atoms with van der Waals surface area (Å²) in [5.41, 5.74) is 6.48. The summed E-state index contributed by atoms with van der Waals surface area (Å²) in [6, 6.07) is 24.5. The average Bonchev–Trinajstić information content (AvgIpc) is 3.17. The van der Waals surface area contributed by atoms with Crippen molar-refractivity contribution in [2.75, 3.05) is 32.1 Å². The Bertz CT molecular complexity index is 1020. The summed E-state index contributed by atoms with van der Waals surface area (Å²) in [5, 5.41) is 0. The van der Waals surface area contributed by atoms with Gasteiger partial charge in [0.15, 0.2) is 0 Å². The quantitative estimate of drug-likeness (QED) is 0.611. The van der Waals surface area contributed by atoms with Crippen LogP contribution in [-0.2, 0) is 6.42 Å². The maximum Gasteiger partial charge on any atom is 0.258 e. The van der Waals surface area contributed by atoms with E-state index in [2.05, 4.69) is 61.5 Å². The predicted octanol–water partition coefficient (Wildman–Crippen LogP) is 5.13. The van der Waals surface area contributed by atoms with Gasteiger partial charge in [-0.25, -0.2) is 0 Å². The first kappa shape index (κ1) is 19.2. The zero-order chi connectivity index (χ0) is 20.2. The second kappa shape index (κ2) is 8.46. The van der Waals surface area contributed by atoms with Crippen molar-refractivity contribution in [2.45, 2.75) is 6.42 Å². The molecule has 4 rings (SSSR count). The normalized spacial score (nSPS) is 13.3. The van der Waals surface area contributed by atoms with E-state index in [9.17, 15) is 4.79 Å². The number of amides is 1. The Hall–Kier alpha value is -3.17. The lowest BCUT2D eigenvalue weighted by atomic mass is 10.0. The first-order chi connectivity index (χ1) is 14.1. The maximum absolute atomic E-state index is 13.1. The van der Waals surface area contributed by atoms with Crippen molar-refractivity contribution in [3.63, 3.8) is 0 Å². The number of fused-ring (bicyclic) bond motifs is 1. The molecule has 0 saturated heterocycles. The summed E-state index contributed by atoms with van der Waals surface area (Å²) in [5.74, 6) is 0.0688. The van der Waals surface area contributed by atoms with Crippen molar-refractivity contribution in [3.8, 4) is 11.1 Å². The van der Waals surface area contributed by atoms with Gasteiger partial charge in [0, 0.05) is 24.3 Å². The molecule has 0 radical (unpaired) electrons. The molecule has 3 nitrogen and oxygen atoms in total. The van der Waals surface area contributed by atoms with Crippen LogP contribution in [0, 0.1) is 0 Å². The molecule has 0 aliphatic carbocycles. The number of likely N-dealkylation sites (N-methyl/N-ethyl adjacent to an activating group) is 1. The highest BCUT2D eigenvalue weighted by Crippen LogP contribution is 2.31. The molecule has 0 atom stereocenters. The highest BCUT2D eigenvalue weighted by molar-refractivity contribution is 6.07. The summed E-state index contributed by atoms with van der Waals surface area (Å²) in [7, 11) is 4.12. The van der Waals surface area contributed by atoms with Gasteiger partial charge in [-0.15, -0.1) is 0 Å². The highest BCUT2D eigenvalue weighted by Gasteiger charge is 2.25. The van der Waals surface area contributed by atoms with Crippen LogP contribution in [-0.4, -0.2) is 38.0 Å². The Kier molecular flexibility index (Phi) is 5.59. The molecule has 3 heteroatoms. The number of carbonyl (C=O) groups excluding carboxylic acids is 1. The van der Waals surface area contributed by atoms with Gasteiger partial charge in [-0.05, 0) is 67.0 Å². The van der Waals surface area contributed by atoms with E-state index in [-0.39, 0.29) is 5.91 Å². The van der Waals surface area contributed by atoms with E-state index in [4.69, 9.17) is 0 Å². The first-order valence-corrected chi connectivity index (χ1v) is 10.0. The van der Waals surface area contributed by atoms with E-state index in [1.54, 1.807) is 0 Å². The van der Waals surface area contributed by atoms with Gasteiger partial charge < -0.3 is 9.80 Å². The lowest BCUT2D eigenvalue weighted by Gasteiger charge is -2.18. The molecule has 0 N–H and O–H groups in total. The van der Waals surface area contributed by atoms with Gasteiger partial charge >= 0.3 is 0 Å². The first-order valence-electron chi connectivity index (χ1n) is 10.0. The van der Waals surface area contributed by atoms with Gasteiger partial charge in [-0.2, -0.15) is 0 Å². The predicted molar refractivity (Wildman–Crippen MR) is 121 cm³/mol. The molecule has 3 aromatic rings. The fraction of sp³-hybridized carbons (Fsp3) is 0.192. The molecule has 0 saturated carbocycles. The van der Waals surface area contributed by atoms with Crippen LogP contribution in [0.3, 0.4) is 0 Å². The van der Waals surface area contributed by atoms with E-state index >= 15 is 0 Å². The van der Waals surface area contributed by atoms with E-state index in [0.29, 0.717) is 0 Å². The number of hydrogen-bond donors (Lipinski definition) is 0. The van der Waals surface area contributed by atoms with Crippen LogP contribution in [0.5, 0.6) is 0 Å². The van der Waals surface area contributed by atoms with Crippen molar-refractivity contribution in [2.24, 2.45) is 0 Å². The molecular formula is C26H26N2O. The summed E-state index contributed by atoms with van der Waals surface area (Å²) in [4.78, 5) is 17.1. The number of rotatable bonds is 5. The van der Waals surface area contributed by atoms with Crippen LogP contribution in [0.15, 0.2) is 78.9 Å². The van der Waals surface area contributed by atoms with Gasteiger partial charge in [0.2, 0.25) is 0 Å². The number of anilines is 1. The van der Waals surface area contributed by atoms with Crippen molar-refractivity contribution in [3.05, 3.63) is 95.6 Å². The SMILES string of the molecule is CN(C)CC=Cc1ccc2c(c1)CCN2C(=O)c1ccc(-c2ccccc2)cc1. The molecule has 29 heavy (non-hydrogen) atoms. The highest BCUT2D eigenvalue weighted by atomic mass is 16.2. The molecule has 1 aliphatic rings. The van der Waals surface area contributed by atoms with Crippen LogP contribution in [0.4, 0.5) is 5.69 Å². The number of hydrogen-bond acceptors (Lipinski definition) is 2. The third kappa shape index (κ3) is 4.30. The van der Waals surface area contributed by atoms with E-state index < -0.39 is 0 Å². The Morgan fingerprint density at radius 3 is 2.41 bits per heavy atom. The van der Waals surface area contributed by atoms with Gasteiger partial charge in [-0.1, -0.05) is 60.7 Å². The Labute approximate surface area is 172 Å². The molecule has 0 bridgehead atoms. The molecule has 0 spiro atoms. The standard InChI is InChI=1S/C26H26N2O/c1-27(2)17-6-7-20-10-15-25-24(19-20)16-18-28(25)26(29)23-13-11-22(12-14-23)21-8-4-3-5-9-21/h3-15,19H,16-18H2,1-2H3. The lowest BCUT2D eigenvalue weighted by molar-refractivity contribution is 0.0989. The van der Waals surface area contributed by atoms with Crippen LogP contribution < -0.4 is 4.90 Å². The maximum atomic E-state index is 13.1. The van der Waals surface area contributed by atoms with Gasteiger partial charge in [0.25, 0.3) is 5.91 Å². The van der Waals surface area contributed by atoms with Crippen LogP contribution in [0.2, 0.25) is 0 Å². The smallest absolute Gasteiger partial charge is 0.258 e. The largest absolute Gasteiger partial charge is 0.308 e. The van der Waals surface area contributed by atoms with Crippen LogP contribution >= 0.6 is 0 Å². The molecule has 146 valence electrons. The Morgan fingerprint density at radius 1 is 0.966 bits per heavy atom. The summed E-state index contributed by atoms with van der Waals surface area (Å²) >= 11 is 0. The molecule has 1 heterocycles. The minimum absolute atomic E-state index is 0.0688. The summed E-state index contributed by atoms with van der Waals surface area (Å²) < 4.78 is 0. The molecule has 1 aliphatic heterocycles. The Morgan fingerprint density at radius 2 is 1.69 bits per heavy atom. The molecule has 0 unspecified atom stereocenters. The monoisotopic (exact) mass is 382 g/mol. The van der Waals surface area contributed by atoms with E-state index in [1.807, 2.05) is 47.4 Å². The summed E-state index contributed by atoms with van der Waals surface area (Å²) in [6.07, 6.45) is 5.21. The third-order valence-electron chi connectivity index (χ3n) is 5.26. The minimum atomic E-state index is 0.0688. The van der Waals surface area contributed by atoms with Crippen molar-refractivity contribution < 1.29 is 4.79 Å². The topological polar surface area (TPSA) is 23.6 Å². The van der Waals surface area contributed by atoms with Crippen molar-refractivity contribution in [1.29, 1.82) is 0 Å². The van der Waals surface area contributed by atoms with Crippen LogP contribution in [0.1, 0.15) is 21.5 Å². The fourth-order valence-corrected chi connectivity index (χ4v) is 3.73. The second-order valence-corrected chi connectivity index (χ2v) is 7.70. The van der Waals surface area contributed by atoms with E-state index in [0.717, 1.165) is 41.9 Å². The fourth-order valence-electron chi connectivity index (χ4n) is 3.73. The van der Waals surface area contributed by atoms with Gasteiger partial charge in [0.05, 0.1) is 0 Å². The lowest BCUT2D eigenvalue weighted by Crippen LogP contribution is -2.28. The molecule has 0 fully saturated rings. The minimum Gasteiger partial charge on any atom is -0.308 e. The van der Waals surface area contributed by atoms with E-state index in [1.165, 1.54) is 11.1 Å². The Balaban J connectivity index is 1.50. The average molecular weight is 383 g/mol. The van der Waals surface area contributed by atoms with Crippen LogP contribution in [0.25, 0.3) is 17.2 Å². The number of benzene rings is 3. The zero-order valence-corrected chi connectivity index (χ0v) is 17.0. The van der Waals surface area contributed by atoms with Crippen molar-refractivity contribution >= 4 is 17.7 Å².